The van der Waals surface area contributed by atoms with Crippen LogP contribution in [0.5, 0.6) is 5.75 Å². The molecule has 1 atom stereocenters. The summed E-state index contributed by atoms with van der Waals surface area (Å²) in [6.45, 7) is 1.80. The molecule has 17 heavy (non-hydrogen) atoms. The molecule has 0 fully saturated rings. The van der Waals surface area contributed by atoms with Gasteiger partial charge in [-0.2, -0.15) is 5.26 Å². The van der Waals surface area contributed by atoms with Crippen LogP contribution in [0.3, 0.4) is 0 Å². The van der Waals surface area contributed by atoms with Gasteiger partial charge in [-0.1, -0.05) is 6.92 Å². The number of carbonyl (C=O) groups is 1. The van der Waals surface area contributed by atoms with Crippen LogP contribution < -0.4 is 10.1 Å². The summed E-state index contributed by atoms with van der Waals surface area (Å²) in [5.41, 5.74) is 0.636. The first-order valence-corrected chi connectivity index (χ1v) is 5.95. The van der Waals surface area contributed by atoms with Crippen molar-refractivity contribution in [2.45, 2.75) is 13.3 Å². The maximum atomic E-state index is 11.7. The van der Waals surface area contributed by atoms with Gasteiger partial charge < -0.3 is 10.1 Å². The molecule has 0 bridgehead atoms. The lowest BCUT2D eigenvalue weighted by atomic mass is 10.1. The molecule has 0 heterocycles. The fourth-order valence-corrected chi connectivity index (χ4v) is 1.85. The molecular weight excluding hydrogens is 284 g/mol. The number of benzene rings is 1. The van der Waals surface area contributed by atoms with E-state index in [4.69, 9.17) is 10.00 Å². The lowest BCUT2D eigenvalue weighted by Crippen LogP contribution is -2.20. The molecule has 1 N–H and O–H groups in total. The second-order valence-corrected chi connectivity index (χ2v) is 4.28. The molecule has 1 amide bonds. The van der Waals surface area contributed by atoms with E-state index in [9.17, 15) is 4.79 Å². The minimum Gasteiger partial charge on any atom is -0.496 e. The summed E-state index contributed by atoms with van der Waals surface area (Å²) in [6, 6.07) is 7.17. The third-order valence-electron chi connectivity index (χ3n) is 2.30. The summed E-state index contributed by atoms with van der Waals surface area (Å²) in [5.74, 6) is -0.210. The average Bonchev–Trinajstić information content (AvgIpc) is 2.31. The number of methoxy groups -OCH3 is 1. The van der Waals surface area contributed by atoms with Crippen molar-refractivity contribution in [3.8, 4) is 11.8 Å². The summed E-state index contributed by atoms with van der Waals surface area (Å²) in [6.07, 6.45) is 0.500. The maximum absolute atomic E-state index is 11.7. The Kier molecular flexibility index (Phi) is 4.98. The molecular formula is C12H13BrN2O2. The van der Waals surface area contributed by atoms with Gasteiger partial charge in [0, 0.05) is 5.69 Å². The molecule has 0 spiro atoms. The number of amides is 1. The molecule has 1 unspecified atom stereocenters. The number of nitrogens with zero attached hydrogens (tertiary/aromatic N) is 1. The van der Waals surface area contributed by atoms with Gasteiger partial charge in [-0.3, -0.25) is 4.79 Å². The highest BCUT2D eigenvalue weighted by molar-refractivity contribution is 9.10. The number of halogens is 1. The fourth-order valence-electron chi connectivity index (χ4n) is 1.31. The zero-order chi connectivity index (χ0) is 12.8. The predicted octanol–water partition coefficient (Wildman–Crippen LogP) is 2.95. The highest BCUT2D eigenvalue weighted by Gasteiger charge is 2.15. The Bertz CT molecular complexity index is 454. The molecule has 0 saturated heterocycles. The first kappa shape index (κ1) is 13.5. The van der Waals surface area contributed by atoms with E-state index in [1.54, 1.807) is 32.2 Å². The minimum atomic E-state index is -0.615. The van der Waals surface area contributed by atoms with Gasteiger partial charge in [-0.05, 0) is 40.5 Å². The van der Waals surface area contributed by atoms with Crippen LogP contribution in [0.15, 0.2) is 22.7 Å². The van der Waals surface area contributed by atoms with Crippen molar-refractivity contribution in [3.05, 3.63) is 22.7 Å². The Morgan fingerprint density at radius 3 is 2.82 bits per heavy atom. The lowest BCUT2D eigenvalue weighted by molar-refractivity contribution is -0.118. The van der Waals surface area contributed by atoms with Crippen LogP contribution in [0.25, 0.3) is 0 Å². The van der Waals surface area contributed by atoms with Gasteiger partial charge in [0.15, 0.2) is 0 Å². The smallest absolute Gasteiger partial charge is 0.241 e. The van der Waals surface area contributed by atoms with Crippen molar-refractivity contribution in [2.24, 2.45) is 5.92 Å². The molecule has 1 aromatic rings. The normalized spacial score (nSPS) is 11.4. The highest BCUT2D eigenvalue weighted by atomic mass is 79.9. The standard InChI is InChI=1S/C12H13BrN2O2/c1-3-8(7-14)12(16)15-9-4-5-11(17-2)10(13)6-9/h4-6,8H,3H2,1-2H3,(H,15,16). The van der Waals surface area contributed by atoms with Crippen LogP contribution in [0.2, 0.25) is 0 Å². The zero-order valence-corrected chi connectivity index (χ0v) is 11.2. The summed E-state index contributed by atoms with van der Waals surface area (Å²) >= 11 is 3.33. The Morgan fingerprint density at radius 2 is 2.35 bits per heavy atom. The number of ether oxygens (including phenoxy) is 1. The molecule has 0 saturated carbocycles. The number of carbonyl (C=O) groups excluding carboxylic acids is 1. The van der Waals surface area contributed by atoms with E-state index in [0.717, 1.165) is 4.47 Å². The molecule has 0 aliphatic heterocycles. The van der Waals surface area contributed by atoms with Crippen LogP contribution in [0.4, 0.5) is 5.69 Å². The Balaban J connectivity index is 2.79. The maximum Gasteiger partial charge on any atom is 0.241 e. The van der Waals surface area contributed by atoms with Crippen molar-refractivity contribution >= 4 is 27.5 Å². The van der Waals surface area contributed by atoms with E-state index in [1.165, 1.54) is 0 Å². The summed E-state index contributed by atoms with van der Waals surface area (Å²) < 4.78 is 5.84. The van der Waals surface area contributed by atoms with E-state index in [0.29, 0.717) is 17.9 Å². The van der Waals surface area contributed by atoms with Gasteiger partial charge in [0.1, 0.15) is 11.7 Å². The number of hydrogen-bond acceptors (Lipinski definition) is 3. The largest absolute Gasteiger partial charge is 0.496 e. The van der Waals surface area contributed by atoms with Gasteiger partial charge >= 0.3 is 0 Å². The molecule has 1 aromatic carbocycles. The quantitative estimate of drug-likeness (QED) is 0.929. The molecule has 4 nitrogen and oxygen atoms in total. The number of nitrogens with one attached hydrogen (secondary N) is 1. The van der Waals surface area contributed by atoms with Gasteiger partial charge in [0.05, 0.1) is 17.7 Å². The van der Waals surface area contributed by atoms with Gasteiger partial charge in [0.2, 0.25) is 5.91 Å². The molecule has 0 radical (unpaired) electrons. The second-order valence-electron chi connectivity index (χ2n) is 3.43. The van der Waals surface area contributed by atoms with E-state index in [2.05, 4.69) is 21.2 Å². The van der Waals surface area contributed by atoms with E-state index in [-0.39, 0.29) is 5.91 Å². The highest BCUT2D eigenvalue weighted by Crippen LogP contribution is 2.27. The van der Waals surface area contributed by atoms with Crippen LogP contribution in [-0.2, 0) is 4.79 Å². The average molecular weight is 297 g/mol. The van der Waals surface area contributed by atoms with Gasteiger partial charge in [-0.25, -0.2) is 0 Å². The Hall–Kier alpha value is -1.54. The first-order chi connectivity index (χ1) is 8.12. The Labute approximate surface area is 109 Å². The number of nitriles is 1. The lowest BCUT2D eigenvalue weighted by Gasteiger charge is -2.10. The van der Waals surface area contributed by atoms with Crippen molar-refractivity contribution < 1.29 is 9.53 Å². The topological polar surface area (TPSA) is 62.1 Å². The molecule has 1 rings (SSSR count). The molecule has 5 heteroatoms. The SMILES string of the molecule is CCC(C#N)C(=O)Nc1ccc(OC)c(Br)c1. The second kappa shape index (κ2) is 6.26. The molecule has 90 valence electrons. The van der Waals surface area contributed by atoms with Crippen LogP contribution in [0.1, 0.15) is 13.3 Å². The van der Waals surface area contributed by atoms with Crippen molar-refractivity contribution in [1.29, 1.82) is 5.26 Å². The van der Waals surface area contributed by atoms with Gasteiger partial charge in [0.25, 0.3) is 0 Å². The summed E-state index contributed by atoms with van der Waals surface area (Å²) in [5, 5.41) is 11.5. The van der Waals surface area contributed by atoms with Crippen molar-refractivity contribution in [3.63, 3.8) is 0 Å². The van der Waals surface area contributed by atoms with Crippen LogP contribution in [-0.4, -0.2) is 13.0 Å². The summed E-state index contributed by atoms with van der Waals surface area (Å²) in [7, 11) is 1.57. The van der Waals surface area contributed by atoms with Crippen molar-refractivity contribution in [1.82, 2.24) is 0 Å². The first-order valence-electron chi connectivity index (χ1n) is 5.16. The summed E-state index contributed by atoms with van der Waals surface area (Å²) in [4.78, 5) is 11.7. The predicted molar refractivity (Wildman–Crippen MR) is 68.7 cm³/mol. The molecule has 0 aliphatic rings. The van der Waals surface area contributed by atoms with Crippen molar-refractivity contribution in [2.75, 3.05) is 12.4 Å². The third kappa shape index (κ3) is 3.46. The van der Waals surface area contributed by atoms with Crippen LogP contribution in [0, 0.1) is 17.2 Å². The van der Waals surface area contributed by atoms with E-state index < -0.39 is 5.92 Å². The third-order valence-corrected chi connectivity index (χ3v) is 2.92. The zero-order valence-electron chi connectivity index (χ0n) is 9.66. The fraction of sp³-hybridized carbons (Fsp3) is 0.333. The molecule has 0 aliphatic carbocycles. The monoisotopic (exact) mass is 296 g/mol. The van der Waals surface area contributed by atoms with E-state index >= 15 is 0 Å². The van der Waals surface area contributed by atoms with Crippen LogP contribution >= 0.6 is 15.9 Å². The van der Waals surface area contributed by atoms with Gasteiger partial charge in [-0.15, -0.1) is 0 Å². The minimum absolute atomic E-state index is 0.285. The number of anilines is 1. The number of hydrogen-bond donors (Lipinski definition) is 1. The Morgan fingerprint density at radius 1 is 1.65 bits per heavy atom. The molecule has 0 aromatic heterocycles. The number of rotatable bonds is 4. The van der Waals surface area contributed by atoms with E-state index in [1.807, 2.05) is 6.07 Å².